The van der Waals surface area contributed by atoms with Crippen LogP contribution in [-0.2, 0) is 0 Å². The number of Topliss-reactive ketones (excluding diaryl/α,β-unsaturated/α-hetero) is 1. The fourth-order valence-corrected chi connectivity index (χ4v) is 1.53. The number of rotatable bonds is 3. The maximum absolute atomic E-state index is 12.5. The number of nitrogens with zero attached hydrogens (tertiary/aromatic N) is 2. The molecule has 0 atom stereocenters. The van der Waals surface area contributed by atoms with Crippen molar-refractivity contribution in [1.82, 2.24) is 0 Å². The molecule has 0 aliphatic carbocycles. The SMILES string of the molecule is CN(C)c1ccc(N(C)C)c(C(=O)C(F)(F)F)c1. The van der Waals surface area contributed by atoms with Crippen LogP contribution in [0.25, 0.3) is 0 Å². The van der Waals surface area contributed by atoms with Gasteiger partial charge < -0.3 is 9.80 Å². The molecule has 0 amide bonds. The molecule has 100 valence electrons. The minimum atomic E-state index is -4.87. The minimum absolute atomic E-state index is 0.253. The second-order valence-corrected chi connectivity index (χ2v) is 4.32. The number of benzene rings is 1. The molecule has 0 fully saturated rings. The molecule has 0 radical (unpaired) electrons. The number of hydrogen-bond donors (Lipinski definition) is 0. The van der Waals surface area contributed by atoms with Crippen molar-refractivity contribution in [1.29, 1.82) is 0 Å². The average Bonchev–Trinajstić information content (AvgIpc) is 2.25. The van der Waals surface area contributed by atoms with E-state index in [0.29, 0.717) is 5.69 Å². The molecule has 3 nitrogen and oxygen atoms in total. The number of halogens is 3. The topological polar surface area (TPSA) is 23.6 Å². The standard InChI is InChI=1S/C12H15F3N2O/c1-16(2)8-5-6-10(17(3)4)9(7-8)11(18)12(13,14)15/h5-7H,1-4H3. The van der Waals surface area contributed by atoms with Crippen LogP contribution in [0.2, 0.25) is 0 Å². The lowest BCUT2D eigenvalue weighted by atomic mass is 10.1. The van der Waals surface area contributed by atoms with Crippen LogP contribution in [0.4, 0.5) is 24.5 Å². The third kappa shape index (κ3) is 2.94. The second kappa shape index (κ2) is 4.88. The summed E-state index contributed by atoms with van der Waals surface area (Å²) in [5.74, 6) is -1.82. The molecule has 0 unspecified atom stereocenters. The van der Waals surface area contributed by atoms with E-state index in [2.05, 4.69) is 0 Å². The molecule has 0 aromatic heterocycles. The molecule has 0 saturated carbocycles. The molecular weight excluding hydrogens is 245 g/mol. The molecule has 0 saturated heterocycles. The molecule has 1 aromatic rings. The van der Waals surface area contributed by atoms with Crippen molar-refractivity contribution in [3.8, 4) is 0 Å². The van der Waals surface area contributed by atoms with E-state index in [1.807, 2.05) is 0 Å². The average molecular weight is 260 g/mol. The van der Waals surface area contributed by atoms with E-state index in [9.17, 15) is 18.0 Å². The normalized spacial score (nSPS) is 11.3. The maximum Gasteiger partial charge on any atom is 0.454 e. The third-order valence-corrected chi connectivity index (χ3v) is 2.48. The molecule has 18 heavy (non-hydrogen) atoms. The smallest absolute Gasteiger partial charge is 0.378 e. The highest BCUT2D eigenvalue weighted by atomic mass is 19.4. The first kappa shape index (κ1) is 14.3. The van der Waals surface area contributed by atoms with Gasteiger partial charge in [0.25, 0.3) is 5.78 Å². The van der Waals surface area contributed by atoms with Gasteiger partial charge in [-0.3, -0.25) is 4.79 Å². The summed E-state index contributed by atoms with van der Waals surface area (Å²) in [5, 5.41) is 0. The number of hydrogen-bond acceptors (Lipinski definition) is 3. The summed E-state index contributed by atoms with van der Waals surface area (Å²) in [6.07, 6.45) is -4.87. The summed E-state index contributed by atoms with van der Waals surface area (Å²) in [4.78, 5) is 14.5. The third-order valence-electron chi connectivity index (χ3n) is 2.48. The first-order valence-electron chi connectivity index (χ1n) is 5.25. The van der Waals surface area contributed by atoms with Gasteiger partial charge in [0.15, 0.2) is 0 Å². The van der Waals surface area contributed by atoms with Crippen molar-refractivity contribution in [3.63, 3.8) is 0 Å². The first-order chi connectivity index (χ1) is 8.14. The Morgan fingerprint density at radius 1 is 1.06 bits per heavy atom. The quantitative estimate of drug-likeness (QED) is 0.780. The predicted octanol–water partition coefficient (Wildman–Crippen LogP) is 2.56. The van der Waals surface area contributed by atoms with Crippen LogP contribution in [0.15, 0.2) is 18.2 Å². The lowest BCUT2D eigenvalue weighted by Crippen LogP contribution is -2.26. The van der Waals surface area contributed by atoms with Crippen LogP contribution in [-0.4, -0.2) is 40.2 Å². The van der Waals surface area contributed by atoms with E-state index in [1.54, 1.807) is 39.2 Å². The Labute approximate surface area is 104 Å². The summed E-state index contributed by atoms with van der Waals surface area (Å²) in [6.45, 7) is 0. The zero-order valence-corrected chi connectivity index (χ0v) is 10.7. The van der Waals surface area contributed by atoms with Gasteiger partial charge in [0.05, 0.1) is 5.56 Å². The monoisotopic (exact) mass is 260 g/mol. The molecule has 0 aliphatic rings. The highest BCUT2D eigenvalue weighted by Gasteiger charge is 2.40. The summed E-state index contributed by atoms with van der Waals surface area (Å²) in [7, 11) is 6.59. The summed E-state index contributed by atoms with van der Waals surface area (Å²) in [6, 6.07) is 4.43. The van der Waals surface area contributed by atoms with Gasteiger partial charge in [-0.1, -0.05) is 0 Å². The molecular formula is C12H15F3N2O. The number of ketones is 1. The number of alkyl halides is 3. The number of anilines is 2. The maximum atomic E-state index is 12.5. The van der Waals surface area contributed by atoms with Gasteiger partial charge in [-0.15, -0.1) is 0 Å². The Kier molecular flexibility index (Phi) is 3.88. The van der Waals surface area contributed by atoms with Gasteiger partial charge in [0, 0.05) is 39.6 Å². The second-order valence-electron chi connectivity index (χ2n) is 4.32. The van der Waals surface area contributed by atoms with E-state index in [0.717, 1.165) is 0 Å². The molecule has 0 heterocycles. The fourth-order valence-electron chi connectivity index (χ4n) is 1.53. The van der Waals surface area contributed by atoms with Gasteiger partial charge in [-0.05, 0) is 18.2 Å². The molecule has 0 spiro atoms. The highest BCUT2D eigenvalue weighted by Crippen LogP contribution is 2.30. The fraction of sp³-hybridized carbons (Fsp3) is 0.417. The van der Waals surface area contributed by atoms with Crippen molar-refractivity contribution >= 4 is 17.2 Å². The Morgan fingerprint density at radius 3 is 2.00 bits per heavy atom. The van der Waals surface area contributed by atoms with Crippen LogP contribution in [0, 0.1) is 0 Å². The van der Waals surface area contributed by atoms with Crippen molar-refractivity contribution in [2.45, 2.75) is 6.18 Å². The van der Waals surface area contributed by atoms with Crippen molar-refractivity contribution in [3.05, 3.63) is 23.8 Å². The Bertz CT molecular complexity index is 453. The van der Waals surface area contributed by atoms with E-state index >= 15 is 0 Å². The Morgan fingerprint density at radius 2 is 1.61 bits per heavy atom. The predicted molar refractivity (Wildman–Crippen MR) is 65.5 cm³/mol. The van der Waals surface area contributed by atoms with E-state index in [1.165, 1.54) is 17.0 Å². The van der Waals surface area contributed by atoms with Gasteiger partial charge in [0.2, 0.25) is 0 Å². The van der Waals surface area contributed by atoms with Gasteiger partial charge in [-0.2, -0.15) is 13.2 Å². The highest BCUT2D eigenvalue weighted by molar-refractivity contribution is 6.05. The Balaban J connectivity index is 3.37. The molecule has 1 aromatic carbocycles. The van der Waals surface area contributed by atoms with Gasteiger partial charge in [0.1, 0.15) is 0 Å². The number of carbonyl (C=O) groups excluding carboxylic acids is 1. The zero-order chi connectivity index (χ0) is 14.1. The van der Waals surface area contributed by atoms with Crippen LogP contribution < -0.4 is 9.80 Å². The number of carbonyl (C=O) groups is 1. The molecule has 6 heteroatoms. The van der Waals surface area contributed by atoms with E-state index in [-0.39, 0.29) is 11.3 Å². The van der Waals surface area contributed by atoms with Crippen molar-refractivity contribution in [2.75, 3.05) is 38.0 Å². The van der Waals surface area contributed by atoms with Crippen LogP contribution in [0.3, 0.4) is 0 Å². The lowest BCUT2D eigenvalue weighted by molar-refractivity contribution is -0.0884. The summed E-state index contributed by atoms with van der Waals surface area (Å²) in [5.41, 5.74) is 0.467. The van der Waals surface area contributed by atoms with Crippen molar-refractivity contribution < 1.29 is 18.0 Å². The summed E-state index contributed by atoms with van der Waals surface area (Å²) >= 11 is 0. The molecule has 0 aliphatic heterocycles. The first-order valence-corrected chi connectivity index (χ1v) is 5.25. The Hall–Kier alpha value is -1.72. The van der Waals surface area contributed by atoms with Crippen LogP contribution in [0.5, 0.6) is 0 Å². The van der Waals surface area contributed by atoms with Crippen molar-refractivity contribution in [2.24, 2.45) is 0 Å². The van der Waals surface area contributed by atoms with E-state index < -0.39 is 12.0 Å². The largest absolute Gasteiger partial charge is 0.454 e. The molecule has 0 bridgehead atoms. The minimum Gasteiger partial charge on any atom is -0.378 e. The van der Waals surface area contributed by atoms with E-state index in [4.69, 9.17) is 0 Å². The van der Waals surface area contributed by atoms with Gasteiger partial charge in [-0.25, -0.2) is 0 Å². The molecule has 0 N–H and O–H groups in total. The zero-order valence-electron chi connectivity index (χ0n) is 10.7. The molecule has 1 rings (SSSR count). The van der Waals surface area contributed by atoms with Crippen LogP contribution in [0.1, 0.15) is 10.4 Å². The lowest BCUT2D eigenvalue weighted by Gasteiger charge is -2.20. The van der Waals surface area contributed by atoms with Crippen LogP contribution >= 0.6 is 0 Å². The summed E-state index contributed by atoms with van der Waals surface area (Å²) < 4.78 is 37.6. The van der Waals surface area contributed by atoms with Gasteiger partial charge >= 0.3 is 6.18 Å².